The maximum Gasteiger partial charge on any atom is 0.157 e. The van der Waals surface area contributed by atoms with Gasteiger partial charge in [0.1, 0.15) is 0 Å². The highest BCUT2D eigenvalue weighted by Gasteiger charge is 2.22. The van der Waals surface area contributed by atoms with E-state index < -0.39 is 0 Å². The molecule has 2 atom stereocenters. The Labute approximate surface area is 101 Å². The molecule has 0 aromatic rings. The van der Waals surface area contributed by atoms with Crippen LogP contribution >= 0.6 is 0 Å². The fourth-order valence-corrected chi connectivity index (χ4v) is 2.11. The highest BCUT2D eigenvalue weighted by atomic mass is 16.7. The first-order valence-electron chi connectivity index (χ1n) is 6.99. The van der Waals surface area contributed by atoms with Crippen LogP contribution in [0.15, 0.2) is 0 Å². The average Bonchev–Trinajstić information content (AvgIpc) is 2.27. The van der Waals surface area contributed by atoms with Crippen molar-refractivity contribution < 1.29 is 9.47 Å². The molecule has 0 radical (unpaired) electrons. The number of hydrogen-bond donors (Lipinski definition) is 0. The number of ether oxygens (including phenoxy) is 2. The van der Waals surface area contributed by atoms with Crippen LogP contribution < -0.4 is 0 Å². The summed E-state index contributed by atoms with van der Waals surface area (Å²) in [4.78, 5) is 0. The summed E-state index contributed by atoms with van der Waals surface area (Å²) in [6.45, 7) is 7.64. The van der Waals surface area contributed by atoms with Gasteiger partial charge in [0.2, 0.25) is 0 Å². The molecule has 0 aromatic carbocycles. The minimum Gasteiger partial charge on any atom is -0.353 e. The zero-order valence-electron chi connectivity index (χ0n) is 11.2. The quantitative estimate of drug-likeness (QED) is 0.610. The standard InChI is InChI=1S/C14H28O2/c1-4-5-6-7-13-10-11-15-14(16-13)9-8-12(2)3/h12-14H,4-11H2,1-3H3/t13-,14+/m1/s1. The highest BCUT2D eigenvalue weighted by Crippen LogP contribution is 2.21. The van der Waals surface area contributed by atoms with Crippen molar-refractivity contribution in [2.75, 3.05) is 6.61 Å². The van der Waals surface area contributed by atoms with E-state index in [2.05, 4.69) is 20.8 Å². The first-order valence-corrected chi connectivity index (χ1v) is 6.99. The van der Waals surface area contributed by atoms with Crippen LogP contribution in [0.4, 0.5) is 0 Å². The lowest BCUT2D eigenvalue weighted by molar-refractivity contribution is -0.217. The molecule has 0 spiro atoms. The van der Waals surface area contributed by atoms with Gasteiger partial charge >= 0.3 is 0 Å². The van der Waals surface area contributed by atoms with Crippen molar-refractivity contribution in [2.24, 2.45) is 5.92 Å². The molecule has 0 bridgehead atoms. The molecule has 1 rings (SSSR count). The van der Waals surface area contributed by atoms with Crippen molar-refractivity contribution >= 4 is 0 Å². The van der Waals surface area contributed by atoms with Gasteiger partial charge in [-0.3, -0.25) is 0 Å². The van der Waals surface area contributed by atoms with Crippen LogP contribution in [0.3, 0.4) is 0 Å². The summed E-state index contributed by atoms with van der Waals surface area (Å²) in [5.41, 5.74) is 0. The fraction of sp³-hybridized carbons (Fsp3) is 1.00. The first-order chi connectivity index (χ1) is 7.72. The van der Waals surface area contributed by atoms with Gasteiger partial charge in [-0.15, -0.1) is 0 Å². The average molecular weight is 228 g/mol. The molecule has 96 valence electrons. The Bertz CT molecular complexity index is 168. The van der Waals surface area contributed by atoms with E-state index in [9.17, 15) is 0 Å². The van der Waals surface area contributed by atoms with Crippen molar-refractivity contribution in [3.63, 3.8) is 0 Å². The molecular formula is C14H28O2. The molecule has 0 saturated carbocycles. The lowest BCUT2D eigenvalue weighted by Crippen LogP contribution is -2.32. The van der Waals surface area contributed by atoms with E-state index in [-0.39, 0.29) is 6.29 Å². The Morgan fingerprint density at radius 3 is 2.69 bits per heavy atom. The monoisotopic (exact) mass is 228 g/mol. The molecule has 0 aromatic heterocycles. The second kappa shape index (κ2) is 8.08. The number of hydrogen-bond acceptors (Lipinski definition) is 2. The van der Waals surface area contributed by atoms with Crippen LogP contribution in [0.1, 0.15) is 65.7 Å². The highest BCUT2D eigenvalue weighted by molar-refractivity contribution is 4.65. The van der Waals surface area contributed by atoms with E-state index >= 15 is 0 Å². The largest absolute Gasteiger partial charge is 0.353 e. The SMILES string of the molecule is CCCCC[C@@H]1CCO[C@H](CCC(C)C)O1. The minimum atomic E-state index is 0.0720. The summed E-state index contributed by atoms with van der Waals surface area (Å²) in [7, 11) is 0. The van der Waals surface area contributed by atoms with E-state index in [1.54, 1.807) is 0 Å². The van der Waals surface area contributed by atoms with Gasteiger partial charge in [0.15, 0.2) is 6.29 Å². The zero-order valence-corrected chi connectivity index (χ0v) is 11.2. The summed E-state index contributed by atoms with van der Waals surface area (Å²) >= 11 is 0. The van der Waals surface area contributed by atoms with Crippen LogP contribution in [-0.4, -0.2) is 19.0 Å². The summed E-state index contributed by atoms with van der Waals surface area (Å²) in [6, 6.07) is 0. The van der Waals surface area contributed by atoms with Crippen LogP contribution in [0.5, 0.6) is 0 Å². The predicted molar refractivity (Wildman–Crippen MR) is 67.4 cm³/mol. The molecule has 1 heterocycles. The van der Waals surface area contributed by atoms with Gasteiger partial charge in [-0.25, -0.2) is 0 Å². The van der Waals surface area contributed by atoms with E-state index in [4.69, 9.17) is 9.47 Å². The van der Waals surface area contributed by atoms with E-state index in [1.165, 1.54) is 32.1 Å². The molecule has 0 amide bonds. The van der Waals surface area contributed by atoms with Crippen molar-refractivity contribution in [2.45, 2.75) is 78.1 Å². The molecule has 1 fully saturated rings. The van der Waals surface area contributed by atoms with Gasteiger partial charge in [-0.2, -0.15) is 0 Å². The minimum absolute atomic E-state index is 0.0720. The fourth-order valence-electron chi connectivity index (χ4n) is 2.11. The molecule has 0 aliphatic carbocycles. The molecule has 1 saturated heterocycles. The topological polar surface area (TPSA) is 18.5 Å². The van der Waals surface area contributed by atoms with Crippen LogP contribution in [0, 0.1) is 5.92 Å². The van der Waals surface area contributed by atoms with Crippen molar-refractivity contribution in [3.8, 4) is 0 Å². The van der Waals surface area contributed by atoms with Crippen LogP contribution in [-0.2, 0) is 9.47 Å². The summed E-state index contributed by atoms with van der Waals surface area (Å²) in [5, 5.41) is 0. The smallest absolute Gasteiger partial charge is 0.157 e. The Morgan fingerprint density at radius 2 is 2.00 bits per heavy atom. The molecule has 0 N–H and O–H groups in total. The second-order valence-corrected chi connectivity index (χ2v) is 5.31. The van der Waals surface area contributed by atoms with E-state index in [0.717, 1.165) is 25.4 Å². The normalized spacial score (nSPS) is 26.2. The van der Waals surface area contributed by atoms with Crippen molar-refractivity contribution in [1.29, 1.82) is 0 Å². The third-order valence-electron chi connectivity index (χ3n) is 3.20. The van der Waals surface area contributed by atoms with Gasteiger partial charge in [0.25, 0.3) is 0 Å². The second-order valence-electron chi connectivity index (χ2n) is 5.31. The third-order valence-corrected chi connectivity index (χ3v) is 3.20. The Hall–Kier alpha value is -0.0800. The van der Waals surface area contributed by atoms with Gasteiger partial charge in [0, 0.05) is 0 Å². The number of unbranched alkanes of at least 4 members (excludes halogenated alkanes) is 2. The van der Waals surface area contributed by atoms with E-state index in [0.29, 0.717) is 6.10 Å². The van der Waals surface area contributed by atoms with Gasteiger partial charge in [-0.1, -0.05) is 40.0 Å². The first kappa shape index (κ1) is 14.0. The molecule has 0 unspecified atom stereocenters. The van der Waals surface area contributed by atoms with Crippen LogP contribution in [0.25, 0.3) is 0 Å². The molecule has 2 nitrogen and oxygen atoms in total. The third kappa shape index (κ3) is 5.86. The maximum absolute atomic E-state index is 5.96. The van der Waals surface area contributed by atoms with Crippen molar-refractivity contribution in [1.82, 2.24) is 0 Å². The van der Waals surface area contributed by atoms with Gasteiger partial charge in [0.05, 0.1) is 12.7 Å². The zero-order chi connectivity index (χ0) is 11.8. The maximum atomic E-state index is 5.96. The summed E-state index contributed by atoms with van der Waals surface area (Å²) in [5.74, 6) is 0.743. The molecule has 1 aliphatic rings. The van der Waals surface area contributed by atoms with Gasteiger partial charge in [-0.05, 0) is 31.6 Å². The predicted octanol–water partition coefficient (Wildman–Crippen LogP) is 4.13. The lowest BCUT2D eigenvalue weighted by atomic mass is 10.1. The van der Waals surface area contributed by atoms with E-state index in [1.807, 2.05) is 0 Å². The molecule has 1 aliphatic heterocycles. The van der Waals surface area contributed by atoms with Crippen molar-refractivity contribution in [3.05, 3.63) is 0 Å². The Morgan fingerprint density at radius 1 is 1.19 bits per heavy atom. The summed E-state index contributed by atoms with van der Waals surface area (Å²) < 4.78 is 11.6. The lowest BCUT2D eigenvalue weighted by Gasteiger charge is -2.30. The molecular weight excluding hydrogens is 200 g/mol. The number of rotatable bonds is 7. The van der Waals surface area contributed by atoms with Crippen LogP contribution in [0.2, 0.25) is 0 Å². The van der Waals surface area contributed by atoms with Gasteiger partial charge < -0.3 is 9.47 Å². The molecule has 2 heteroatoms. The summed E-state index contributed by atoms with van der Waals surface area (Å²) in [6.07, 6.45) is 9.02. The Balaban J connectivity index is 2.14. The Kier molecular flexibility index (Phi) is 7.06. The molecule has 16 heavy (non-hydrogen) atoms.